The van der Waals surface area contributed by atoms with Crippen molar-refractivity contribution in [2.24, 2.45) is 0 Å². The maximum Gasteiger partial charge on any atom is 0.258 e. The molecule has 2 N–H and O–H groups in total. The van der Waals surface area contributed by atoms with Gasteiger partial charge in [0.2, 0.25) is 0 Å². The van der Waals surface area contributed by atoms with E-state index in [4.69, 9.17) is 9.47 Å². The predicted octanol–water partition coefficient (Wildman–Crippen LogP) is 3.95. The summed E-state index contributed by atoms with van der Waals surface area (Å²) >= 11 is 2.97. The summed E-state index contributed by atoms with van der Waals surface area (Å²) in [5.41, 5.74) is 0.312. The number of benzene rings is 1. The van der Waals surface area contributed by atoms with Crippen LogP contribution < -0.4 is 14.8 Å². The first-order chi connectivity index (χ1) is 13.9. The fourth-order valence-electron chi connectivity index (χ4n) is 3.47. The third kappa shape index (κ3) is 4.17. The summed E-state index contributed by atoms with van der Waals surface area (Å²) in [5.74, 6) is 0.971. The van der Waals surface area contributed by atoms with Crippen LogP contribution in [0.5, 0.6) is 11.5 Å². The molecular weight excluding hydrogens is 406 g/mol. The van der Waals surface area contributed by atoms with E-state index in [1.54, 1.807) is 6.07 Å². The van der Waals surface area contributed by atoms with Crippen molar-refractivity contribution in [3.05, 3.63) is 68.5 Å². The highest BCUT2D eigenvalue weighted by Crippen LogP contribution is 2.41. The van der Waals surface area contributed by atoms with Gasteiger partial charge in [-0.1, -0.05) is 18.2 Å². The van der Waals surface area contributed by atoms with Crippen molar-refractivity contribution >= 4 is 28.6 Å². The van der Waals surface area contributed by atoms with Crippen LogP contribution in [0.2, 0.25) is 0 Å². The van der Waals surface area contributed by atoms with E-state index < -0.39 is 5.60 Å². The van der Waals surface area contributed by atoms with Gasteiger partial charge in [-0.05, 0) is 48.2 Å². The molecule has 1 aromatic carbocycles. The first-order valence-electron chi connectivity index (χ1n) is 9.37. The van der Waals surface area contributed by atoms with Crippen molar-refractivity contribution < 1.29 is 19.4 Å². The highest BCUT2D eigenvalue weighted by molar-refractivity contribution is 7.10. The second kappa shape index (κ2) is 7.82. The van der Waals surface area contributed by atoms with Crippen molar-refractivity contribution in [2.45, 2.75) is 31.5 Å². The fourth-order valence-corrected chi connectivity index (χ4v) is 5.04. The largest absolute Gasteiger partial charge is 0.483 e. The number of para-hydroxylation sites is 1. The van der Waals surface area contributed by atoms with Gasteiger partial charge in [0.15, 0.2) is 18.1 Å². The molecule has 0 unspecified atom stereocenters. The van der Waals surface area contributed by atoms with Crippen molar-refractivity contribution in [3.63, 3.8) is 0 Å². The summed E-state index contributed by atoms with van der Waals surface area (Å²) in [5, 5.41) is 19.8. The maximum atomic E-state index is 12.4. The molecule has 29 heavy (non-hydrogen) atoms. The Kier molecular flexibility index (Phi) is 5.38. The lowest BCUT2D eigenvalue weighted by atomic mass is 9.94. The molecule has 0 spiro atoms. The molecule has 0 fully saturated rings. The summed E-state index contributed by atoms with van der Waals surface area (Å²) < 4.78 is 11.7. The molecule has 7 heteroatoms. The van der Waals surface area contributed by atoms with Crippen molar-refractivity contribution in [1.82, 2.24) is 5.32 Å². The molecule has 0 saturated heterocycles. The van der Waals surface area contributed by atoms with Crippen LogP contribution in [-0.4, -0.2) is 29.8 Å². The Morgan fingerprint density at radius 3 is 2.86 bits per heavy atom. The number of hydrogen-bond acceptors (Lipinski definition) is 6. The number of hydrogen-bond donors (Lipinski definition) is 2. The van der Waals surface area contributed by atoms with Crippen LogP contribution in [0.25, 0.3) is 0 Å². The van der Waals surface area contributed by atoms with E-state index in [1.807, 2.05) is 60.3 Å². The number of thiophene rings is 2. The molecule has 2 aromatic heterocycles. The number of nitrogens with one attached hydrogen (secondary N) is 1. The first-order valence-corrected chi connectivity index (χ1v) is 11.2. The molecule has 0 radical (unpaired) electrons. The summed E-state index contributed by atoms with van der Waals surface area (Å²) in [6, 6.07) is 11.4. The second-order valence-corrected chi connectivity index (χ2v) is 9.43. The normalized spacial score (nSPS) is 16.5. The van der Waals surface area contributed by atoms with Gasteiger partial charge < -0.3 is 19.9 Å². The van der Waals surface area contributed by atoms with Gasteiger partial charge in [-0.25, -0.2) is 0 Å². The molecular formula is C22H23NO4S2. The minimum Gasteiger partial charge on any atom is -0.483 e. The zero-order chi connectivity index (χ0) is 20.5. The van der Waals surface area contributed by atoms with Crippen LogP contribution >= 0.6 is 22.7 Å². The number of ether oxygens (including phenoxy) is 2. The Morgan fingerprint density at radius 2 is 2.14 bits per heavy atom. The van der Waals surface area contributed by atoms with E-state index in [1.165, 1.54) is 22.7 Å². The number of rotatable bonds is 7. The summed E-state index contributed by atoms with van der Waals surface area (Å²) in [7, 11) is 0. The Bertz CT molecular complexity index is 946. The van der Waals surface area contributed by atoms with E-state index in [0.717, 1.165) is 22.4 Å². The Morgan fingerprint density at radius 1 is 1.28 bits per heavy atom. The van der Waals surface area contributed by atoms with E-state index in [9.17, 15) is 9.90 Å². The van der Waals surface area contributed by atoms with Gasteiger partial charge in [-0.2, -0.15) is 11.3 Å². The molecule has 3 aromatic rings. The molecule has 1 amide bonds. The lowest BCUT2D eigenvalue weighted by molar-refractivity contribution is -0.124. The third-order valence-corrected chi connectivity index (χ3v) is 6.59. The minimum absolute atomic E-state index is 0.0723. The van der Waals surface area contributed by atoms with E-state index in [0.29, 0.717) is 11.5 Å². The first kappa shape index (κ1) is 19.9. The molecule has 3 heterocycles. The highest BCUT2D eigenvalue weighted by Gasteiger charge is 2.34. The molecule has 0 saturated carbocycles. The van der Waals surface area contributed by atoms with Gasteiger partial charge in [0.1, 0.15) is 11.2 Å². The van der Waals surface area contributed by atoms with Crippen LogP contribution in [0, 0.1) is 0 Å². The smallest absolute Gasteiger partial charge is 0.258 e. The summed E-state index contributed by atoms with van der Waals surface area (Å²) in [6.07, 6.45) is 0.806. The number of carbonyl (C=O) groups is 1. The molecule has 1 aliphatic rings. The number of aliphatic hydroxyl groups is 1. The maximum absolute atomic E-state index is 12.4. The van der Waals surface area contributed by atoms with Crippen LogP contribution in [0.15, 0.2) is 52.5 Å². The average molecular weight is 430 g/mol. The Balaban J connectivity index is 1.40. The number of amides is 1. The van der Waals surface area contributed by atoms with Crippen molar-refractivity contribution in [2.75, 3.05) is 13.2 Å². The van der Waals surface area contributed by atoms with E-state index in [-0.39, 0.29) is 24.7 Å². The van der Waals surface area contributed by atoms with E-state index in [2.05, 4.69) is 5.32 Å². The molecule has 1 atom stereocenters. The van der Waals surface area contributed by atoms with Gasteiger partial charge in [0.25, 0.3) is 5.91 Å². The fraction of sp³-hybridized carbons (Fsp3) is 0.318. The number of carbonyl (C=O) groups excluding carboxylic acids is 1. The van der Waals surface area contributed by atoms with Gasteiger partial charge >= 0.3 is 0 Å². The van der Waals surface area contributed by atoms with Crippen molar-refractivity contribution in [1.29, 1.82) is 0 Å². The lowest BCUT2D eigenvalue weighted by Crippen LogP contribution is -2.42. The van der Waals surface area contributed by atoms with Crippen LogP contribution in [0.3, 0.4) is 0 Å². The topological polar surface area (TPSA) is 67.8 Å². The lowest BCUT2D eigenvalue weighted by Gasteiger charge is -2.27. The molecule has 0 aliphatic carbocycles. The molecule has 5 nitrogen and oxygen atoms in total. The van der Waals surface area contributed by atoms with Crippen LogP contribution in [0.1, 0.15) is 29.9 Å². The minimum atomic E-state index is -1.26. The third-order valence-electron chi connectivity index (χ3n) is 4.88. The second-order valence-electron chi connectivity index (χ2n) is 7.70. The highest BCUT2D eigenvalue weighted by atomic mass is 32.1. The van der Waals surface area contributed by atoms with Gasteiger partial charge in [0, 0.05) is 22.4 Å². The summed E-state index contributed by atoms with van der Waals surface area (Å²) in [6.45, 7) is 3.98. The van der Waals surface area contributed by atoms with Gasteiger partial charge in [-0.3, -0.25) is 4.79 Å². The average Bonchev–Trinajstić information content (AvgIpc) is 3.44. The SMILES string of the molecule is CC1(C)Cc2cccc(OCC(=O)NC[C@](O)(c3ccsc3)c3cccs3)c2O1. The van der Waals surface area contributed by atoms with Crippen molar-refractivity contribution in [3.8, 4) is 11.5 Å². The predicted molar refractivity (Wildman–Crippen MR) is 115 cm³/mol. The Hall–Kier alpha value is -2.35. The molecule has 1 aliphatic heterocycles. The van der Waals surface area contributed by atoms with Gasteiger partial charge in [-0.15, -0.1) is 11.3 Å². The Labute approximate surface area is 177 Å². The molecule has 4 rings (SSSR count). The standard InChI is InChI=1S/C22H23NO4S2/c1-21(2)11-15-5-3-6-17(20(15)27-21)26-12-19(24)23-14-22(25,16-8-10-28-13-16)18-7-4-9-29-18/h3-10,13,25H,11-12,14H2,1-2H3,(H,23,24)/t22-/m0/s1. The summed E-state index contributed by atoms with van der Waals surface area (Å²) in [4.78, 5) is 13.2. The van der Waals surface area contributed by atoms with Gasteiger partial charge in [0.05, 0.1) is 6.54 Å². The quantitative estimate of drug-likeness (QED) is 0.597. The molecule has 152 valence electrons. The molecule has 0 bridgehead atoms. The number of fused-ring (bicyclic) bond motifs is 1. The van der Waals surface area contributed by atoms with E-state index >= 15 is 0 Å². The van der Waals surface area contributed by atoms with Crippen LogP contribution in [0.4, 0.5) is 0 Å². The zero-order valence-electron chi connectivity index (χ0n) is 16.3. The monoisotopic (exact) mass is 429 g/mol. The van der Waals surface area contributed by atoms with Crippen LogP contribution in [-0.2, 0) is 16.8 Å². The zero-order valence-corrected chi connectivity index (χ0v) is 17.9.